The fourth-order valence-electron chi connectivity index (χ4n) is 2.80. The second-order valence-electron chi connectivity index (χ2n) is 7.38. The molecule has 2 aromatic rings. The standard InChI is InChI=1S/C23H26N2O5/c1-15(2)18-6-4-5-7-19(18)29-14-22(26)25-24-13-16-8-11-20(21(12-16)28-3)30-23(27)17-9-10-17/h4-8,11-13,15,17H,9-10,14H2,1-3H3,(H,25,26)/b24-13+. The number of para-hydroxylation sites is 1. The van der Waals surface area contributed by atoms with Crippen LogP contribution in [0.3, 0.4) is 0 Å². The third kappa shape index (κ3) is 5.83. The molecule has 0 bridgehead atoms. The molecule has 0 saturated heterocycles. The summed E-state index contributed by atoms with van der Waals surface area (Å²) in [7, 11) is 1.50. The highest BCUT2D eigenvalue weighted by molar-refractivity contribution is 5.84. The van der Waals surface area contributed by atoms with Crippen molar-refractivity contribution in [1.29, 1.82) is 0 Å². The summed E-state index contributed by atoms with van der Waals surface area (Å²) in [6.07, 6.45) is 3.23. The molecular weight excluding hydrogens is 384 g/mol. The lowest BCUT2D eigenvalue weighted by atomic mass is 10.0. The lowest BCUT2D eigenvalue weighted by Crippen LogP contribution is -2.24. The number of hydrogen-bond donors (Lipinski definition) is 1. The van der Waals surface area contributed by atoms with Crippen LogP contribution in [-0.2, 0) is 9.59 Å². The summed E-state index contributed by atoms with van der Waals surface area (Å²) in [6, 6.07) is 12.7. The van der Waals surface area contributed by atoms with Gasteiger partial charge in [-0.1, -0.05) is 32.0 Å². The predicted octanol–water partition coefficient (Wildman–Crippen LogP) is 3.66. The summed E-state index contributed by atoms with van der Waals surface area (Å²) in [4.78, 5) is 23.9. The first-order chi connectivity index (χ1) is 14.5. The Morgan fingerprint density at radius 3 is 2.60 bits per heavy atom. The van der Waals surface area contributed by atoms with Gasteiger partial charge >= 0.3 is 5.97 Å². The minimum absolute atomic E-state index is 0.000815. The molecular formula is C23H26N2O5. The Morgan fingerprint density at radius 2 is 1.90 bits per heavy atom. The smallest absolute Gasteiger partial charge is 0.314 e. The predicted molar refractivity (Wildman–Crippen MR) is 113 cm³/mol. The number of amides is 1. The van der Waals surface area contributed by atoms with Crippen molar-refractivity contribution >= 4 is 18.1 Å². The van der Waals surface area contributed by atoms with E-state index in [0.717, 1.165) is 18.4 Å². The van der Waals surface area contributed by atoms with Gasteiger partial charge in [-0.15, -0.1) is 0 Å². The average Bonchev–Trinajstić information content (AvgIpc) is 3.59. The zero-order valence-electron chi connectivity index (χ0n) is 17.4. The van der Waals surface area contributed by atoms with Gasteiger partial charge in [0, 0.05) is 0 Å². The Labute approximate surface area is 176 Å². The summed E-state index contributed by atoms with van der Waals surface area (Å²) >= 11 is 0. The van der Waals surface area contributed by atoms with Crippen molar-refractivity contribution in [3.8, 4) is 17.2 Å². The molecule has 0 aliphatic heterocycles. The molecule has 0 radical (unpaired) electrons. The normalized spacial score (nSPS) is 13.3. The highest BCUT2D eigenvalue weighted by Crippen LogP contribution is 2.34. The summed E-state index contributed by atoms with van der Waals surface area (Å²) in [6.45, 7) is 4.00. The highest BCUT2D eigenvalue weighted by atomic mass is 16.6. The number of carbonyl (C=O) groups is 2. The molecule has 7 heteroatoms. The number of carbonyl (C=O) groups excluding carboxylic acids is 2. The van der Waals surface area contributed by atoms with Gasteiger partial charge in [0.25, 0.3) is 5.91 Å². The second kappa shape index (κ2) is 9.91. The molecule has 158 valence electrons. The van der Waals surface area contributed by atoms with Gasteiger partial charge in [0.05, 0.1) is 19.2 Å². The third-order valence-electron chi connectivity index (χ3n) is 4.61. The maximum atomic E-state index is 12.0. The van der Waals surface area contributed by atoms with E-state index in [9.17, 15) is 9.59 Å². The number of esters is 1. The van der Waals surface area contributed by atoms with Gasteiger partial charge in [-0.2, -0.15) is 5.10 Å². The number of nitrogens with one attached hydrogen (secondary N) is 1. The van der Waals surface area contributed by atoms with Gasteiger partial charge < -0.3 is 14.2 Å². The molecule has 7 nitrogen and oxygen atoms in total. The van der Waals surface area contributed by atoms with Crippen LogP contribution in [0.5, 0.6) is 17.2 Å². The number of nitrogens with zero attached hydrogens (tertiary/aromatic N) is 1. The molecule has 0 spiro atoms. The lowest BCUT2D eigenvalue weighted by molar-refractivity contribution is -0.135. The van der Waals surface area contributed by atoms with Crippen LogP contribution in [0, 0.1) is 5.92 Å². The maximum Gasteiger partial charge on any atom is 0.314 e. The zero-order valence-corrected chi connectivity index (χ0v) is 17.4. The fourth-order valence-corrected chi connectivity index (χ4v) is 2.80. The molecule has 1 fully saturated rings. The van der Waals surface area contributed by atoms with Crippen molar-refractivity contribution in [2.45, 2.75) is 32.6 Å². The van der Waals surface area contributed by atoms with Gasteiger partial charge in [-0.3, -0.25) is 9.59 Å². The number of hydrogen-bond acceptors (Lipinski definition) is 6. The number of benzene rings is 2. The van der Waals surface area contributed by atoms with Crippen LogP contribution < -0.4 is 19.6 Å². The molecule has 0 unspecified atom stereocenters. The molecule has 0 atom stereocenters. The fraction of sp³-hybridized carbons (Fsp3) is 0.348. The molecule has 1 N–H and O–H groups in total. The number of hydrazone groups is 1. The Balaban J connectivity index is 1.53. The quantitative estimate of drug-likeness (QED) is 0.295. The topological polar surface area (TPSA) is 86.2 Å². The molecule has 1 aliphatic carbocycles. The van der Waals surface area contributed by atoms with Gasteiger partial charge in [-0.05, 0) is 54.2 Å². The summed E-state index contributed by atoms with van der Waals surface area (Å²) in [5.74, 6) is 1.17. The van der Waals surface area contributed by atoms with E-state index in [1.807, 2.05) is 24.3 Å². The van der Waals surface area contributed by atoms with Gasteiger partial charge in [0.15, 0.2) is 18.1 Å². The average molecular weight is 410 g/mol. The first kappa shape index (κ1) is 21.4. The van der Waals surface area contributed by atoms with Crippen LogP contribution in [0.2, 0.25) is 0 Å². The van der Waals surface area contributed by atoms with Crippen LogP contribution in [-0.4, -0.2) is 31.8 Å². The molecule has 1 amide bonds. The van der Waals surface area contributed by atoms with E-state index in [2.05, 4.69) is 24.4 Å². The lowest BCUT2D eigenvalue weighted by Gasteiger charge is -2.13. The van der Waals surface area contributed by atoms with E-state index in [4.69, 9.17) is 14.2 Å². The van der Waals surface area contributed by atoms with Gasteiger partial charge in [0.1, 0.15) is 5.75 Å². The van der Waals surface area contributed by atoms with Crippen molar-refractivity contribution in [2.24, 2.45) is 11.0 Å². The molecule has 30 heavy (non-hydrogen) atoms. The van der Waals surface area contributed by atoms with Crippen molar-refractivity contribution in [2.75, 3.05) is 13.7 Å². The van der Waals surface area contributed by atoms with Crippen molar-refractivity contribution in [1.82, 2.24) is 5.43 Å². The van der Waals surface area contributed by atoms with Crippen molar-refractivity contribution in [3.05, 3.63) is 53.6 Å². The summed E-state index contributed by atoms with van der Waals surface area (Å²) in [5, 5.41) is 3.95. The Hall–Kier alpha value is -3.35. The summed E-state index contributed by atoms with van der Waals surface area (Å²) < 4.78 is 16.3. The maximum absolute atomic E-state index is 12.0. The SMILES string of the molecule is COc1cc(/C=N/NC(=O)COc2ccccc2C(C)C)ccc1OC(=O)C1CC1. The molecule has 3 rings (SSSR count). The van der Waals surface area contributed by atoms with Crippen LogP contribution in [0.15, 0.2) is 47.6 Å². The number of rotatable bonds is 9. The second-order valence-corrected chi connectivity index (χ2v) is 7.38. The molecule has 0 heterocycles. The first-order valence-corrected chi connectivity index (χ1v) is 9.91. The van der Waals surface area contributed by atoms with Crippen LogP contribution in [0.4, 0.5) is 0 Å². The zero-order chi connectivity index (χ0) is 21.5. The monoisotopic (exact) mass is 410 g/mol. The van der Waals surface area contributed by atoms with E-state index >= 15 is 0 Å². The molecule has 1 saturated carbocycles. The van der Waals surface area contributed by atoms with E-state index < -0.39 is 0 Å². The number of methoxy groups -OCH3 is 1. The van der Waals surface area contributed by atoms with Crippen molar-refractivity contribution in [3.63, 3.8) is 0 Å². The van der Waals surface area contributed by atoms with Gasteiger partial charge in [-0.25, -0.2) is 5.43 Å². The third-order valence-corrected chi connectivity index (χ3v) is 4.61. The Bertz CT molecular complexity index is 935. The largest absolute Gasteiger partial charge is 0.493 e. The van der Waals surface area contributed by atoms with Gasteiger partial charge in [0.2, 0.25) is 0 Å². The Morgan fingerprint density at radius 1 is 1.13 bits per heavy atom. The van der Waals surface area contributed by atoms with Crippen LogP contribution in [0.1, 0.15) is 43.7 Å². The number of ether oxygens (including phenoxy) is 3. The van der Waals surface area contributed by atoms with E-state index in [1.165, 1.54) is 13.3 Å². The summed E-state index contributed by atoms with van der Waals surface area (Å²) in [5.41, 5.74) is 4.17. The minimum atomic E-state index is -0.369. The first-order valence-electron chi connectivity index (χ1n) is 9.91. The minimum Gasteiger partial charge on any atom is -0.493 e. The van der Waals surface area contributed by atoms with E-state index in [-0.39, 0.29) is 24.4 Å². The Kier molecular flexibility index (Phi) is 7.06. The molecule has 2 aromatic carbocycles. The molecule has 0 aromatic heterocycles. The van der Waals surface area contributed by atoms with Crippen LogP contribution in [0.25, 0.3) is 0 Å². The molecule has 1 aliphatic rings. The van der Waals surface area contributed by atoms with Crippen LogP contribution >= 0.6 is 0 Å². The van der Waals surface area contributed by atoms with E-state index in [0.29, 0.717) is 28.7 Å². The van der Waals surface area contributed by atoms with E-state index in [1.54, 1.807) is 18.2 Å². The highest BCUT2D eigenvalue weighted by Gasteiger charge is 2.32. The van der Waals surface area contributed by atoms with Crippen molar-refractivity contribution < 1.29 is 23.8 Å².